The fourth-order valence-corrected chi connectivity index (χ4v) is 2.44. The zero-order chi connectivity index (χ0) is 15.9. The minimum Gasteiger partial charge on any atom is -0.461 e. The van der Waals surface area contributed by atoms with Crippen molar-refractivity contribution in [2.24, 2.45) is 5.73 Å². The third-order valence-corrected chi connectivity index (χ3v) is 3.74. The van der Waals surface area contributed by atoms with Gasteiger partial charge in [0.25, 0.3) is 5.91 Å². The predicted molar refractivity (Wildman–Crippen MR) is 98.1 cm³/mol. The Labute approximate surface area is 156 Å². The number of rotatable bonds is 6. The van der Waals surface area contributed by atoms with Gasteiger partial charge in [0.15, 0.2) is 5.69 Å². The second-order valence-corrected chi connectivity index (χ2v) is 5.37. The highest BCUT2D eigenvalue weighted by molar-refractivity contribution is 7.09. The Morgan fingerprint density at radius 2 is 1.92 bits per heavy atom. The van der Waals surface area contributed by atoms with Crippen molar-refractivity contribution >= 4 is 48.0 Å². The van der Waals surface area contributed by atoms with Crippen molar-refractivity contribution in [2.45, 2.75) is 20.0 Å². The van der Waals surface area contributed by atoms with Gasteiger partial charge in [-0.1, -0.05) is 12.1 Å². The molecule has 2 rings (SSSR count). The van der Waals surface area contributed by atoms with Gasteiger partial charge in [-0.25, -0.2) is 9.78 Å². The number of carbonyl (C=O) groups is 2. The molecule has 1 heterocycles. The van der Waals surface area contributed by atoms with E-state index in [1.54, 1.807) is 24.4 Å². The SMILES string of the molecule is CCOC(=O)c1csc(CNC(=O)c2ccc(CN)cc2)n1.Cl.Cl. The van der Waals surface area contributed by atoms with E-state index in [0.717, 1.165) is 5.56 Å². The predicted octanol–water partition coefficient (Wildman–Crippen LogP) is 2.55. The Bertz CT molecular complexity index is 662. The molecular weight excluding hydrogens is 373 g/mol. The first kappa shape index (κ1) is 22.3. The van der Waals surface area contributed by atoms with Crippen LogP contribution in [-0.4, -0.2) is 23.5 Å². The highest BCUT2D eigenvalue weighted by atomic mass is 35.5. The van der Waals surface area contributed by atoms with Crippen LogP contribution in [-0.2, 0) is 17.8 Å². The molecule has 6 nitrogen and oxygen atoms in total. The minimum atomic E-state index is -0.450. The third kappa shape index (κ3) is 6.09. The van der Waals surface area contributed by atoms with Crippen molar-refractivity contribution in [2.75, 3.05) is 6.61 Å². The van der Waals surface area contributed by atoms with Gasteiger partial charge in [0, 0.05) is 17.5 Å². The molecule has 1 aromatic heterocycles. The molecule has 0 fully saturated rings. The molecule has 0 aliphatic rings. The lowest BCUT2D eigenvalue weighted by atomic mass is 10.1. The number of carbonyl (C=O) groups excluding carboxylic acids is 2. The van der Waals surface area contributed by atoms with Crippen molar-refractivity contribution in [1.29, 1.82) is 0 Å². The van der Waals surface area contributed by atoms with Crippen molar-refractivity contribution in [1.82, 2.24) is 10.3 Å². The smallest absolute Gasteiger partial charge is 0.357 e. The summed E-state index contributed by atoms with van der Waals surface area (Å²) in [6.45, 7) is 2.75. The number of amides is 1. The molecule has 24 heavy (non-hydrogen) atoms. The van der Waals surface area contributed by atoms with Crippen LogP contribution < -0.4 is 11.1 Å². The molecule has 132 valence electrons. The lowest BCUT2D eigenvalue weighted by Crippen LogP contribution is -2.22. The van der Waals surface area contributed by atoms with Gasteiger partial charge in [0.2, 0.25) is 0 Å². The van der Waals surface area contributed by atoms with E-state index in [4.69, 9.17) is 10.5 Å². The normalized spacial score (nSPS) is 9.42. The summed E-state index contributed by atoms with van der Waals surface area (Å²) in [4.78, 5) is 27.6. The van der Waals surface area contributed by atoms with Crippen LogP contribution in [0.4, 0.5) is 0 Å². The van der Waals surface area contributed by atoms with Crippen LogP contribution in [0.1, 0.15) is 38.3 Å². The molecule has 0 unspecified atom stereocenters. The van der Waals surface area contributed by atoms with Crippen LogP contribution in [0.2, 0.25) is 0 Å². The van der Waals surface area contributed by atoms with E-state index >= 15 is 0 Å². The first-order chi connectivity index (χ1) is 10.6. The van der Waals surface area contributed by atoms with E-state index in [0.29, 0.717) is 23.7 Å². The zero-order valence-corrected chi connectivity index (χ0v) is 15.4. The molecule has 0 aliphatic heterocycles. The summed E-state index contributed by atoms with van der Waals surface area (Å²) in [6.07, 6.45) is 0. The average molecular weight is 392 g/mol. The molecule has 0 spiro atoms. The lowest BCUT2D eigenvalue weighted by molar-refractivity contribution is 0.0520. The van der Waals surface area contributed by atoms with Gasteiger partial charge in [-0.2, -0.15) is 0 Å². The number of thiazole rings is 1. The fourth-order valence-electron chi connectivity index (χ4n) is 1.74. The number of halogens is 2. The summed E-state index contributed by atoms with van der Waals surface area (Å²) in [5.74, 6) is -0.648. The van der Waals surface area contributed by atoms with Gasteiger partial charge in [-0.05, 0) is 24.6 Å². The number of hydrogen-bond donors (Lipinski definition) is 2. The number of benzene rings is 1. The number of nitrogens with one attached hydrogen (secondary N) is 1. The van der Waals surface area contributed by atoms with Crippen molar-refractivity contribution in [3.8, 4) is 0 Å². The zero-order valence-electron chi connectivity index (χ0n) is 13.0. The summed E-state index contributed by atoms with van der Waals surface area (Å²) >= 11 is 1.30. The molecule has 0 bridgehead atoms. The van der Waals surface area contributed by atoms with Gasteiger partial charge in [-0.15, -0.1) is 36.2 Å². The first-order valence-electron chi connectivity index (χ1n) is 6.82. The second kappa shape index (κ2) is 11.0. The van der Waals surface area contributed by atoms with Gasteiger partial charge in [0.1, 0.15) is 5.01 Å². The van der Waals surface area contributed by atoms with Crippen LogP contribution in [0.3, 0.4) is 0 Å². The van der Waals surface area contributed by atoms with Crippen molar-refractivity contribution in [3.05, 3.63) is 51.5 Å². The van der Waals surface area contributed by atoms with Crippen molar-refractivity contribution in [3.63, 3.8) is 0 Å². The number of hydrogen-bond acceptors (Lipinski definition) is 6. The molecule has 1 aromatic carbocycles. The Balaban J connectivity index is 0.00000264. The van der Waals surface area contributed by atoms with Crippen LogP contribution in [0.25, 0.3) is 0 Å². The average Bonchev–Trinajstić information content (AvgIpc) is 3.02. The maximum Gasteiger partial charge on any atom is 0.357 e. The fraction of sp³-hybridized carbons (Fsp3) is 0.267. The van der Waals surface area contributed by atoms with Crippen LogP contribution >= 0.6 is 36.2 Å². The summed E-state index contributed by atoms with van der Waals surface area (Å²) in [6, 6.07) is 7.08. The minimum absolute atomic E-state index is 0. The molecule has 2 aromatic rings. The number of nitrogens with zero attached hydrogens (tertiary/aromatic N) is 1. The quantitative estimate of drug-likeness (QED) is 0.737. The standard InChI is InChI=1S/C15H17N3O3S.2ClH/c1-2-21-15(20)12-9-22-13(18-12)8-17-14(19)11-5-3-10(7-16)4-6-11;;/h3-6,9H,2,7-8,16H2,1H3,(H,17,19);2*1H. The van der Waals surface area contributed by atoms with Crippen molar-refractivity contribution < 1.29 is 14.3 Å². The molecule has 9 heteroatoms. The summed E-state index contributed by atoms with van der Waals surface area (Å²) in [5, 5.41) is 5.03. The van der Waals surface area contributed by atoms with Gasteiger partial charge in [0.05, 0.1) is 13.2 Å². The molecule has 0 radical (unpaired) electrons. The summed E-state index contributed by atoms with van der Waals surface area (Å²) in [5.41, 5.74) is 7.30. The van der Waals surface area contributed by atoms with E-state index in [1.807, 2.05) is 12.1 Å². The third-order valence-electron chi connectivity index (χ3n) is 2.89. The largest absolute Gasteiger partial charge is 0.461 e. The first-order valence-corrected chi connectivity index (χ1v) is 7.70. The topological polar surface area (TPSA) is 94.3 Å². The molecule has 0 atom stereocenters. The van der Waals surface area contributed by atoms with Crippen LogP contribution in [0, 0.1) is 0 Å². The van der Waals surface area contributed by atoms with Gasteiger partial charge < -0.3 is 15.8 Å². The number of ether oxygens (including phenoxy) is 1. The van der Waals surface area contributed by atoms with Crippen LogP contribution in [0.15, 0.2) is 29.6 Å². The lowest BCUT2D eigenvalue weighted by Gasteiger charge is -2.04. The molecule has 3 N–H and O–H groups in total. The van der Waals surface area contributed by atoms with Gasteiger partial charge in [-0.3, -0.25) is 4.79 Å². The van der Waals surface area contributed by atoms with Gasteiger partial charge >= 0.3 is 5.97 Å². The van der Waals surface area contributed by atoms with Crippen LogP contribution in [0.5, 0.6) is 0 Å². The molecular formula is C15H19Cl2N3O3S. The Morgan fingerprint density at radius 1 is 1.25 bits per heavy atom. The van der Waals surface area contributed by atoms with E-state index in [9.17, 15) is 9.59 Å². The Kier molecular flexibility index (Phi) is 10.2. The summed E-state index contributed by atoms with van der Waals surface area (Å²) < 4.78 is 4.87. The van der Waals surface area contributed by atoms with E-state index in [1.165, 1.54) is 11.3 Å². The Morgan fingerprint density at radius 3 is 2.50 bits per heavy atom. The maximum atomic E-state index is 12.0. The maximum absolute atomic E-state index is 12.0. The second-order valence-electron chi connectivity index (χ2n) is 4.43. The van der Waals surface area contributed by atoms with E-state index in [-0.39, 0.29) is 43.0 Å². The Hall–Kier alpha value is -1.67. The molecule has 0 aliphatic carbocycles. The highest BCUT2D eigenvalue weighted by Gasteiger charge is 2.12. The van der Waals surface area contributed by atoms with E-state index in [2.05, 4.69) is 10.3 Å². The monoisotopic (exact) mass is 391 g/mol. The number of aromatic nitrogens is 1. The number of nitrogens with two attached hydrogens (primary N) is 1. The highest BCUT2D eigenvalue weighted by Crippen LogP contribution is 2.11. The van der Waals surface area contributed by atoms with E-state index < -0.39 is 5.97 Å². The molecule has 0 saturated heterocycles. The summed E-state index contributed by atoms with van der Waals surface area (Å²) in [7, 11) is 0. The number of esters is 1. The molecule has 1 amide bonds. The molecule has 0 saturated carbocycles.